The summed E-state index contributed by atoms with van der Waals surface area (Å²) < 4.78 is 10.8. The van der Waals surface area contributed by atoms with Crippen molar-refractivity contribution < 1.29 is 9.47 Å². The summed E-state index contributed by atoms with van der Waals surface area (Å²) in [6, 6.07) is 0. The van der Waals surface area contributed by atoms with Crippen molar-refractivity contribution in [2.75, 3.05) is 13.2 Å². The standard InChI is InChI=1S/C10H16O2/c1-3-5-10(7-12-10)8(4-2)9-6-11-9/h3,5,8-9H,4,6-7H2,1-2H3. The van der Waals surface area contributed by atoms with Crippen molar-refractivity contribution in [3.8, 4) is 0 Å². The SMILES string of the molecule is CC=CC1(C(CC)C2CO2)CO1. The first-order valence-corrected chi connectivity index (χ1v) is 4.72. The minimum Gasteiger partial charge on any atom is -0.373 e. The molecule has 2 rings (SSSR count). The quantitative estimate of drug-likeness (QED) is 0.472. The van der Waals surface area contributed by atoms with Gasteiger partial charge in [0.25, 0.3) is 0 Å². The van der Waals surface area contributed by atoms with Crippen molar-refractivity contribution in [3.63, 3.8) is 0 Å². The lowest BCUT2D eigenvalue weighted by Crippen LogP contribution is -2.26. The maximum Gasteiger partial charge on any atom is 0.115 e. The molecule has 0 saturated carbocycles. The van der Waals surface area contributed by atoms with E-state index >= 15 is 0 Å². The summed E-state index contributed by atoms with van der Waals surface area (Å²) in [5, 5.41) is 0. The minimum absolute atomic E-state index is 0.0463. The number of hydrogen-bond acceptors (Lipinski definition) is 2. The number of allylic oxidation sites excluding steroid dienone is 1. The molecule has 2 heteroatoms. The Kier molecular flexibility index (Phi) is 1.97. The van der Waals surface area contributed by atoms with Gasteiger partial charge in [-0.15, -0.1) is 0 Å². The summed E-state index contributed by atoms with van der Waals surface area (Å²) in [5.74, 6) is 0.577. The average molecular weight is 168 g/mol. The van der Waals surface area contributed by atoms with Gasteiger partial charge in [0.15, 0.2) is 0 Å². The van der Waals surface area contributed by atoms with Gasteiger partial charge >= 0.3 is 0 Å². The second-order valence-electron chi connectivity index (χ2n) is 3.63. The summed E-state index contributed by atoms with van der Waals surface area (Å²) in [7, 11) is 0. The van der Waals surface area contributed by atoms with Gasteiger partial charge < -0.3 is 9.47 Å². The monoisotopic (exact) mass is 168 g/mol. The number of ether oxygens (including phenoxy) is 2. The Morgan fingerprint density at radius 3 is 2.67 bits per heavy atom. The third kappa shape index (κ3) is 1.29. The van der Waals surface area contributed by atoms with Gasteiger partial charge in [0, 0.05) is 5.92 Å². The van der Waals surface area contributed by atoms with Crippen LogP contribution in [0.1, 0.15) is 20.3 Å². The molecular weight excluding hydrogens is 152 g/mol. The smallest absolute Gasteiger partial charge is 0.115 e. The maximum atomic E-state index is 5.52. The van der Waals surface area contributed by atoms with E-state index < -0.39 is 0 Å². The molecular formula is C10H16O2. The molecule has 0 bridgehead atoms. The summed E-state index contributed by atoms with van der Waals surface area (Å²) in [6.07, 6.45) is 5.88. The van der Waals surface area contributed by atoms with Crippen molar-refractivity contribution in [2.24, 2.45) is 5.92 Å². The molecule has 2 heterocycles. The summed E-state index contributed by atoms with van der Waals surface area (Å²) in [5.41, 5.74) is 0.0463. The van der Waals surface area contributed by atoms with Crippen molar-refractivity contribution >= 4 is 0 Å². The Morgan fingerprint density at radius 1 is 1.67 bits per heavy atom. The molecule has 0 aromatic carbocycles. The van der Waals surface area contributed by atoms with Gasteiger partial charge in [-0.1, -0.05) is 19.1 Å². The van der Waals surface area contributed by atoms with Crippen molar-refractivity contribution in [3.05, 3.63) is 12.2 Å². The second kappa shape index (κ2) is 2.86. The van der Waals surface area contributed by atoms with Crippen molar-refractivity contribution in [1.29, 1.82) is 0 Å². The fraction of sp³-hybridized carbons (Fsp3) is 0.800. The minimum atomic E-state index is 0.0463. The molecule has 0 aromatic heterocycles. The largest absolute Gasteiger partial charge is 0.373 e. The van der Waals surface area contributed by atoms with Crippen molar-refractivity contribution in [2.45, 2.75) is 32.0 Å². The first-order valence-electron chi connectivity index (χ1n) is 4.72. The van der Waals surface area contributed by atoms with Crippen LogP contribution in [-0.2, 0) is 9.47 Å². The number of rotatable bonds is 4. The maximum absolute atomic E-state index is 5.52. The fourth-order valence-corrected chi connectivity index (χ4v) is 2.01. The van der Waals surface area contributed by atoms with Crippen LogP contribution < -0.4 is 0 Å². The van der Waals surface area contributed by atoms with E-state index in [0.29, 0.717) is 12.0 Å². The zero-order valence-electron chi connectivity index (χ0n) is 7.75. The van der Waals surface area contributed by atoms with E-state index in [1.165, 1.54) is 0 Å². The van der Waals surface area contributed by atoms with E-state index in [1.807, 2.05) is 6.92 Å². The molecule has 3 atom stereocenters. The fourth-order valence-electron chi connectivity index (χ4n) is 2.01. The van der Waals surface area contributed by atoms with Crippen LogP contribution in [0.25, 0.3) is 0 Å². The third-order valence-corrected chi connectivity index (χ3v) is 2.80. The highest BCUT2D eigenvalue weighted by Crippen LogP contribution is 2.44. The van der Waals surface area contributed by atoms with Crippen LogP contribution in [0.5, 0.6) is 0 Å². The molecule has 2 aliphatic rings. The molecule has 2 fully saturated rings. The highest BCUT2D eigenvalue weighted by Gasteiger charge is 2.54. The van der Waals surface area contributed by atoms with E-state index in [1.54, 1.807) is 0 Å². The molecule has 12 heavy (non-hydrogen) atoms. The van der Waals surface area contributed by atoms with Crippen LogP contribution in [0.3, 0.4) is 0 Å². The van der Waals surface area contributed by atoms with Gasteiger partial charge in [-0.3, -0.25) is 0 Å². The van der Waals surface area contributed by atoms with Crippen LogP contribution in [0, 0.1) is 5.92 Å². The summed E-state index contributed by atoms with van der Waals surface area (Å²) >= 11 is 0. The first-order chi connectivity index (χ1) is 5.82. The van der Waals surface area contributed by atoms with E-state index in [2.05, 4.69) is 19.1 Å². The molecule has 68 valence electrons. The van der Waals surface area contributed by atoms with E-state index in [4.69, 9.17) is 9.47 Å². The van der Waals surface area contributed by atoms with Crippen LogP contribution in [0.4, 0.5) is 0 Å². The Bertz CT molecular complexity index is 190. The second-order valence-corrected chi connectivity index (χ2v) is 3.63. The molecule has 2 saturated heterocycles. The molecule has 2 nitrogen and oxygen atoms in total. The Labute approximate surface area is 73.5 Å². The summed E-state index contributed by atoms with van der Waals surface area (Å²) in [6.45, 7) is 6.07. The first kappa shape index (κ1) is 8.27. The molecule has 0 amide bonds. The Hall–Kier alpha value is -0.340. The normalized spacial score (nSPS) is 41.7. The van der Waals surface area contributed by atoms with Crippen LogP contribution in [0.2, 0.25) is 0 Å². The van der Waals surface area contributed by atoms with Gasteiger partial charge in [0.2, 0.25) is 0 Å². The van der Waals surface area contributed by atoms with Gasteiger partial charge in [-0.25, -0.2) is 0 Å². The molecule has 0 aromatic rings. The van der Waals surface area contributed by atoms with E-state index in [0.717, 1.165) is 19.6 Å². The summed E-state index contributed by atoms with van der Waals surface area (Å²) in [4.78, 5) is 0. The average Bonchev–Trinajstić information content (AvgIpc) is 2.86. The zero-order valence-corrected chi connectivity index (χ0v) is 7.75. The Balaban J connectivity index is 2.03. The zero-order chi connectivity index (χ0) is 8.60. The van der Waals surface area contributed by atoms with Gasteiger partial charge in [-0.05, 0) is 13.3 Å². The predicted molar refractivity (Wildman–Crippen MR) is 47.0 cm³/mol. The van der Waals surface area contributed by atoms with Gasteiger partial charge in [0.1, 0.15) is 5.60 Å². The number of epoxide rings is 2. The lowest BCUT2D eigenvalue weighted by atomic mass is 9.87. The van der Waals surface area contributed by atoms with E-state index in [-0.39, 0.29) is 5.60 Å². The van der Waals surface area contributed by atoms with Crippen LogP contribution >= 0.6 is 0 Å². The lowest BCUT2D eigenvalue weighted by molar-refractivity contribution is 0.210. The van der Waals surface area contributed by atoms with Gasteiger partial charge in [-0.2, -0.15) is 0 Å². The molecule has 0 N–H and O–H groups in total. The molecule has 2 aliphatic heterocycles. The molecule has 0 spiro atoms. The lowest BCUT2D eigenvalue weighted by Gasteiger charge is -2.17. The Morgan fingerprint density at radius 2 is 2.33 bits per heavy atom. The van der Waals surface area contributed by atoms with Crippen molar-refractivity contribution in [1.82, 2.24) is 0 Å². The molecule has 3 unspecified atom stereocenters. The highest BCUT2D eigenvalue weighted by atomic mass is 16.6. The number of hydrogen-bond donors (Lipinski definition) is 0. The topological polar surface area (TPSA) is 25.1 Å². The van der Waals surface area contributed by atoms with Crippen LogP contribution in [0.15, 0.2) is 12.2 Å². The van der Waals surface area contributed by atoms with Gasteiger partial charge in [0.05, 0.1) is 19.3 Å². The van der Waals surface area contributed by atoms with Crippen LogP contribution in [-0.4, -0.2) is 24.9 Å². The molecule has 0 radical (unpaired) electrons. The molecule has 0 aliphatic carbocycles. The van der Waals surface area contributed by atoms with E-state index in [9.17, 15) is 0 Å². The highest BCUT2D eigenvalue weighted by molar-refractivity contribution is 5.15. The third-order valence-electron chi connectivity index (χ3n) is 2.80. The predicted octanol–water partition coefficient (Wildman–Crippen LogP) is 1.76.